The van der Waals surface area contributed by atoms with Gasteiger partial charge in [-0.2, -0.15) is 39.5 Å². The summed E-state index contributed by atoms with van der Waals surface area (Å²) in [4.78, 5) is 0. The molecule has 0 aliphatic heterocycles. The van der Waals surface area contributed by atoms with Crippen molar-refractivity contribution in [3.8, 4) is 0 Å². The first-order valence-electron chi connectivity index (χ1n) is 5.02. The van der Waals surface area contributed by atoms with Crippen molar-refractivity contribution in [2.24, 2.45) is 0 Å². The van der Waals surface area contributed by atoms with E-state index in [1.807, 2.05) is 0 Å². The van der Waals surface area contributed by atoms with Gasteiger partial charge in [0.2, 0.25) is 5.83 Å². The van der Waals surface area contributed by atoms with Gasteiger partial charge in [-0.15, -0.1) is 0 Å². The molecule has 1 nitrogen and oxygen atoms in total. The maximum absolute atomic E-state index is 13.3. The first-order valence-corrected chi connectivity index (χ1v) is 5.02. The molecular formula is C11H5F9O. The standard InChI is InChI=1S/C11H5F9O/c12-7(6-4-2-1-3-5-6)8(13)21-11(19,20)9(14,15)10(16,17)18/h1-5H. The van der Waals surface area contributed by atoms with Gasteiger partial charge in [0.1, 0.15) is 0 Å². The molecule has 0 saturated carbocycles. The van der Waals surface area contributed by atoms with Gasteiger partial charge in [-0.3, -0.25) is 0 Å². The summed E-state index contributed by atoms with van der Waals surface area (Å²) in [6, 6.07) is 2.45. The van der Waals surface area contributed by atoms with Gasteiger partial charge in [0.25, 0.3) is 0 Å². The summed E-state index contributed by atoms with van der Waals surface area (Å²) in [5.41, 5.74) is -0.680. The van der Waals surface area contributed by atoms with Crippen molar-refractivity contribution in [2.45, 2.75) is 18.2 Å². The smallest absolute Gasteiger partial charge is 0.399 e. The highest BCUT2D eigenvalue weighted by Crippen LogP contribution is 2.48. The van der Waals surface area contributed by atoms with E-state index >= 15 is 0 Å². The fourth-order valence-corrected chi connectivity index (χ4v) is 1.08. The predicted octanol–water partition coefficient (Wildman–Crippen LogP) is 5.06. The van der Waals surface area contributed by atoms with Crippen LogP contribution in [0, 0.1) is 0 Å². The van der Waals surface area contributed by atoms with Gasteiger partial charge in [-0.25, -0.2) is 0 Å². The maximum Gasteiger partial charge on any atom is 0.476 e. The van der Waals surface area contributed by atoms with Crippen molar-refractivity contribution in [1.29, 1.82) is 0 Å². The molecule has 0 heterocycles. The van der Waals surface area contributed by atoms with E-state index < -0.39 is 35.6 Å². The number of ether oxygens (including phenoxy) is 1. The molecule has 0 saturated heterocycles. The Labute approximate surface area is 111 Å². The molecule has 21 heavy (non-hydrogen) atoms. The second-order valence-corrected chi connectivity index (χ2v) is 3.64. The normalized spacial score (nSPS) is 14.7. The Morgan fingerprint density at radius 1 is 0.810 bits per heavy atom. The molecule has 0 N–H and O–H groups in total. The first kappa shape index (κ1) is 17.2. The number of hydrogen-bond acceptors (Lipinski definition) is 1. The lowest BCUT2D eigenvalue weighted by molar-refractivity contribution is -0.418. The van der Waals surface area contributed by atoms with Crippen LogP contribution >= 0.6 is 0 Å². The van der Waals surface area contributed by atoms with Gasteiger partial charge >= 0.3 is 24.2 Å². The van der Waals surface area contributed by atoms with Crippen LogP contribution in [0.25, 0.3) is 5.83 Å². The van der Waals surface area contributed by atoms with Crippen molar-refractivity contribution < 1.29 is 44.3 Å². The molecule has 1 aromatic rings. The molecule has 0 radical (unpaired) electrons. The van der Waals surface area contributed by atoms with E-state index in [0.29, 0.717) is 0 Å². The van der Waals surface area contributed by atoms with Crippen LogP contribution in [-0.2, 0) is 4.74 Å². The third-order valence-corrected chi connectivity index (χ3v) is 2.14. The Bertz CT molecular complexity index is 518. The van der Waals surface area contributed by atoms with Gasteiger partial charge in [0, 0.05) is 5.56 Å². The zero-order chi connectivity index (χ0) is 16.5. The largest absolute Gasteiger partial charge is 0.476 e. The fraction of sp³-hybridized carbons (Fsp3) is 0.273. The van der Waals surface area contributed by atoms with Gasteiger partial charge in [0.05, 0.1) is 0 Å². The van der Waals surface area contributed by atoms with E-state index in [9.17, 15) is 39.5 Å². The topological polar surface area (TPSA) is 9.23 Å². The molecule has 0 amide bonds. The van der Waals surface area contributed by atoms with E-state index in [-0.39, 0.29) is 0 Å². The average Bonchev–Trinajstić information content (AvgIpc) is 2.36. The quantitative estimate of drug-likeness (QED) is 0.556. The molecule has 10 heteroatoms. The summed E-state index contributed by atoms with van der Waals surface area (Å²) >= 11 is 0. The summed E-state index contributed by atoms with van der Waals surface area (Å²) in [6.45, 7) is 0. The summed E-state index contributed by atoms with van der Waals surface area (Å²) in [6.07, 6.45) is -13.0. The fourth-order valence-electron chi connectivity index (χ4n) is 1.08. The highest BCUT2D eigenvalue weighted by atomic mass is 19.4. The number of rotatable bonds is 4. The van der Waals surface area contributed by atoms with E-state index in [2.05, 4.69) is 4.74 Å². The summed E-state index contributed by atoms with van der Waals surface area (Å²) in [7, 11) is 0. The number of benzene rings is 1. The van der Waals surface area contributed by atoms with Crippen LogP contribution in [0.1, 0.15) is 5.56 Å². The molecule has 0 atom stereocenters. The van der Waals surface area contributed by atoms with E-state index in [4.69, 9.17) is 0 Å². The van der Waals surface area contributed by atoms with Crippen LogP contribution in [0.5, 0.6) is 0 Å². The van der Waals surface area contributed by atoms with E-state index in [1.165, 1.54) is 6.07 Å². The third kappa shape index (κ3) is 3.42. The van der Waals surface area contributed by atoms with Crippen LogP contribution in [0.3, 0.4) is 0 Å². The third-order valence-electron chi connectivity index (χ3n) is 2.14. The van der Waals surface area contributed by atoms with Gasteiger partial charge < -0.3 is 4.74 Å². The minimum atomic E-state index is -6.71. The Kier molecular flexibility index (Phi) is 4.49. The Morgan fingerprint density at radius 3 is 1.71 bits per heavy atom. The second kappa shape index (κ2) is 5.49. The van der Waals surface area contributed by atoms with Crippen LogP contribution in [-0.4, -0.2) is 18.2 Å². The zero-order valence-corrected chi connectivity index (χ0v) is 9.70. The minimum absolute atomic E-state index is 0.680. The van der Waals surface area contributed by atoms with Gasteiger partial charge in [-0.1, -0.05) is 30.3 Å². The van der Waals surface area contributed by atoms with Crippen molar-refractivity contribution >= 4 is 5.83 Å². The molecule has 118 valence electrons. The molecular weight excluding hydrogens is 319 g/mol. The van der Waals surface area contributed by atoms with E-state index in [0.717, 1.165) is 24.3 Å². The molecule has 0 fully saturated rings. The molecule has 0 aromatic heterocycles. The predicted molar refractivity (Wildman–Crippen MR) is 52.6 cm³/mol. The summed E-state index contributed by atoms with van der Waals surface area (Å²) < 4.78 is 114. The van der Waals surface area contributed by atoms with Crippen molar-refractivity contribution in [2.75, 3.05) is 0 Å². The second-order valence-electron chi connectivity index (χ2n) is 3.64. The molecule has 0 aliphatic rings. The van der Waals surface area contributed by atoms with Gasteiger partial charge in [0.15, 0.2) is 0 Å². The van der Waals surface area contributed by atoms with E-state index in [1.54, 1.807) is 0 Å². The van der Waals surface area contributed by atoms with Crippen molar-refractivity contribution in [1.82, 2.24) is 0 Å². The molecule has 0 bridgehead atoms. The summed E-state index contributed by atoms with van der Waals surface area (Å²) in [5, 5.41) is 0. The number of hydrogen-bond donors (Lipinski definition) is 0. The number of alkyl halides is 7. The monoisotopic (exact) mass is 324 g/mol. The molecule has 1 aromatic carbocycles. The lowest BCUT2D eigenvalue weighted by Gasteiger charge is -2.27. The van der Waals surface area contributed by atoms with Crippen LogP contribution in [0.2, 0.25) is 0 Å². The van der Waals surface area contributed by atoms with Crippen LogP contribution < -0.4 is 0 Å². The summed E-state index contributed by atoms with van der Waals surface area (Å²) in [5.74, 6) is -8.85. The average molecular weight is 324 g/mol. The van der Waals surface area contributed by atoms with Crippen LogP contribution in [0.15, 0.2) is 36.3 Å². The maximum atomic E-state index is 13.3. The minimum Gasteiger partial charge on any atom is -0.399 e. The highest BCUT2D eigenvalue weighted by molar-refractivity contribution is 5.59. The lowest BCUT2D eigenvalue weighted by atomic mass is 10.2. The van der Waals surface area contributed by atoms with Gasteiger partial charge in [-0.05, 0) is 0 Å². The Hall–Kier alpha value is -1.87. The zero-order valence-electron chi connectivity index (χ0n) is 9.70. The highest BCUT2D eigenvalue weighted by Gasteiger charge is 2.76. The van der Waals surface area contributed by atoms with Crippen molar-refractivity contribution in [3.63, 3.8) is 0 Å². The SMILES string of the molecule is FC(OC(F)(F)C(F)(F)C(F)(F)F)=C(F)c1ccccc1. The molecule has 0 aliphatic carbocycles. The van der Waals surface area contributed by atoms with Crippen molar-refractivity contribution in [3.05, 3.63) is 41.9 Å². The molecule has 0 spiro atoms. The first-order chi connectivity index (χ1) is 9.40. The van der Waals surface area contributed by atoms with Crippen LogP contribution in [0.4, 0.5) is 39.5 Å². The lowest BCUT2D eigenvalue weighted by Crippen LogP contribution is -2.53. The Balaban J connectivity index is 3.09. The molecule has 0 unspecified atom stereocenters. The Morgan fingerprint density at radius 2 is 1.29 bits per heavy atom. The number of halogens is 9. The molecule has 1 rings (SSSR count).